The van der Waals surface area contributed by atoms with E-state index in [-0.39, 0.29) is 18.1 Å². The topological polar surface area (TPSA) is 108 Å². The van der Waals surface area contributed by atoms with Crippen LogP contribution in [0.15, 0.2) is 18.2 Å². The van der Waals surface area contributed by atoms with Crippen molar-refractivity contribution in [2.45, 2.75) is 19.4 Å². The van der Waals surface area contributed by atoms with Crippen LogP contribution >= 0.6 is 0 Å². The molecule has 2 fully saturated rings. The van der Waals surface area contributed by atoms with Crippen molar-refractivity contribution in [2.24, 2.45) is 0 Å². The normalized spacial score (nSPS) is 21.0. The van der Waals surface area contributed by atoms with Crippen molar-refractivity contribution in [2.75, 3.05) is 44.1 Å². The summed E-state index contributed by atoms with van der Waals surface area (Å²) in [7, 11) is 0. The van der Waals surface area contributed by atoms with E-state index < -0.39 is 11.3 Å². The van der Waals surface area contributed by atoms with Gasteiger partial charge in [0.25, 0.3) is 17.2 Å². The number of nitrogens with one attached hydrogen (secondary N) is 1. The van der Waals surface area contributed by atoms with Gasteiger partial charge in [-0.15, -0.1) is 0 Å². The molecule has 2 N–H and O–H groups in total. The molecule has 0 radical (unpaired) electrons. The molecule has 2 saturated heterocycles. The van der Waals surface area contributed by atoms with E-state index in [0.29, 0.717) is 56.2 Å². The average Bonchev–Trinajstić information content (AvgIpc) is 3.15. The fraction of sp³-hybridized carbons (Fsp3) is 0.529. The van der Waals surface area contributed by atoms with Gasteiger partial charge in [0.05, 0.1) is 18.9 Å². The van der Waals surface area contributed by atoms with Gasteiger partial charge in [-0.3, -0.25) is 14.1 Å². The first-order chi connectivity index (χ1) is 12.9. The molecule has 2 heterocycles. The standard InChI is InChI=1S/C17H23N3O6S/c1-12-10-13(2-3-15(12)18-27(23)24)16(21)19-5-7-20(8-6-19)17(22)26-14-4-9-25-11-14/h2-3,10,14,18H,4-9,11H2,1H3,(H,23,24). The summed E-state index contributed by atoms with van der Waals surface area (Å²) in [5, 5.41) is 0. The highest BCUT2D eigenvalue weighted by Gasteiger charge is 2.28. The fourth-order valence-electron chi connectivity index (χ4n) is 3.10. The smallest absolute Gasteiger partial charge is 0.410 e. The Morgan fingerprint density at radius 2 is 1.96 bits per heavy atom. The Labute approximate surface area is 160 Å². The van der Waals surface area contributed by atoms with Crippen LogP contribution in [0, 0.1) is 6.92 Å². The molecule has 3 rings (SSSR count). The fourth-order valence-corrected chi connectivity index (χ4v) is 3.52. The van der Waals surface area contributed by atoms with E-state index in [9.17, 15) is 13.8 Å². The largest absolute Gasteiger partial charge is 0.444 e. The van der Waals surface area contributed by atoms with Crippen molar-refractivity contribution < 1.29 is 27.8 Å². The number of anilines is 1. The lowest BCUT2D eigenvalue weighted by molar-refractivity contribution is 0.0370. The number of rotatable bonds is 4. The van der Waals surface area contributed by atoms with Crippen LogP contribution in [0.3, 0.4) is 0 Å². The Morgan fingerprint density at radius 1 is 1.26 bits per heavy atom. The van der Waals surface area contributed by atoms with Gasteiger partial charge in [-0.2, -0.15) is 0 Å². The molecule has 0 bridgehead atoms. The second kappa shape index (κ2) is 8.68. The molecule has 10 heteroatoms. The molecule has 148 valence electrons. The molecule has 2 aliphatic rings. The Morgan fingerprint density at radius 3 is 2.56 bits per heavy atom. The maximum Gasteiger partial charge on any atom is 0.410 e. The zero-order valence-corrected chi connectivity index (χ0v) is 15.9. The minimum absolute atomic E-state index is 0.132. The molecule has 0 spiro atoms. The molecule has 2 amide bonds. The first kappa shape index (κ1) is 19.6. The summed E-state index contributed by atoms with van der Waals surface area (Å²) >= 11 is -2.16. The first-order valence-electron chi connectivity index (χ1n) is 8.75. The lowest BCUT2D eigenvalue weighted by Crippen LogP contribution is -2.51. The van der Waals surface area contributed by atoms with Crippen molar-refractivity contribution in [1.82, 2.24) is 9.80 Å². The second-order valence-electron chi connectivity index (χ2n) is 6.53. The molecule has 0 aromatic heterocycles. The zero-order chi connectivity index (χ0) is 19.4. The van der Waals surface area contributed by atoms with Crippen LogP contribution in [-0.2, 0) is 20.7 Å². The molecular formula is C17H23N3O6S. The zero-order valence-electron chi connectivity index (χ0n) is 15.1. The number of piperazine rings is 1. The first-order valence-corrected chi connectivity index (χ1v) is 9.85. The SMILES string of the molecule is Cc1cc(C(=O)N2CCN(C(=O)OC3CCOC3)CC2)ccc1NS(=O)O. The number of carbonyl (C=O) groups excluding carboxylic acids is 2. The summed E-state index contributed by atoms with van der Waals surface area (Å²) < 4.78 is 32.8. The highest BCUT2D eigenvalue weighted by Crippen LogP contribution is 2.19. The van der Waals surface area contributed by atoms with Crippen LogP contribution in [0.2, 0.25) is 0 Å². The Kier molecular flexibility index (Phi) is 6.30. The van der Waals surface area contributed by atoms with E-state index >= 15 is 0 Å². The van der Waals surface area contributed by atoms with Gasteiger partial charge >= 0.3 is 6.09 Å². The van der Waals surface area contributed by atoms with Crippen molar-refractivity contribution in [3.05, 3.63) is 29.3 Å². The molecule has 9 nitrogen and oxygen atoms in total. The predicted molar refractivity (Wildman–Crippen MR) is 98.8 cm³/mol. The van der Waals surface area contributed by atoms with Gasteiger partial charge in [-0.1, -0.05) is 0 Å². The molecule has 2 unspecified atom stereocenters. The van der Waals surface area contributed by atoms with Gasteiger partial charge in [0.15, 0.2) is 0 Å². The van der Waals surface area contributed by atoms with E-state index in [1.54, 1.807) is 34.9 Å². The minimum atomic E-state index is -2.16. The number of hydrogen-bond donors (Lipinski definition) is 2. The summed E-state index contributed by atoms with van der Waals surface area (Å²) in [6.45, 7) is 4.50. The number of carbonyl (C=O) groups is 2. The molecule has 1 aromatic carbocycles. The van der Waals surface area contributed by atoms with E-state index in [1.807, 2.05) is 0 Å². The predicted octanol–water partition coefficient (Wildman–Crippen LogP) is 1.23. The van der Waals surface area contributed by atoms with Crippen LogP contribution < -0.4 is 4.72 Å². The number of nitrogens with zero attached hydrogens (tertiary/aromatic N) is 2. The van der Waals surface area contributed by atoms with Crippen molar-refractivity contribution in [3.8, 4) is 0 Å². The Hall–Kier alpha value is -2.17. The second-order valence-corrected chi connectivity index (χ2v) is 7.23. The summed E-state index contributed by atoms with van der Waals surface area (Å²) in [6, 6.07) is 4.90. The number of aryl methyl sites for hydroxylation is 1. The minimum Gasteiger partial charge on any atom is -0.444 e. The molecule has 0 saturated carbocycles. The Bertz CT molecular complexity index is 729. The van der Waals surface area contributed by atoms with Gasteiger partial charge in [0.1, 0.15) is 6.10 Å². The molecular weight excluding hydrogens is 374 g/mol. The van der Waals surface area contributed by atoms with Gasteiger partial charge in [-0.25, -0.2) is 9.00 Å². The number of benzene rings is 1. The van der Waals surface area contributed by atoms with Crippen molar-refractivity contribution in [3.63, 3.8) is 0 Å². The lowest BCUT2D eigenvalue weighted by Gasteiger charge is -2.34. The number of amides is 2. The van der Waals surface area contributed by atoms with E-state index in [4.69, 9.17) is 14.0 Å². The van der Waals surface area contributed by atoms with Gasteiger partial charge in [0, 0.05) is 38.2 Å². The summed E-state index contributed by atoms with van der Waals surface area (Å²) in [4.78, 5) is 28.1. The molecule has 27 heavy (non-hydrogen) atoms. The van der Waals surface area contributed by atoms with Gasteiger partial charge < -0.3 is 19.3 Å². The number of ether oxygens (including phenoxy) is 2. The lowest BCUT2D eigenvalue weighted by atomic mass is 10.1. The summed E-state index contributed by atoms with van der Waals surface area (Å²) in [5.74, 6) is -0.132. The average molecular weight is 397 g/mol. The third-order valence-corrected chi connectivity index (χ3v) is 5.05. The highest BCUT2D eigenvalue weighted by molar-refractivity contribution is 7.80. The maximum absolute atomic E-state index is 12.7. The van der Waals surface area contributed by atoms with Crippen molar-refractivity contribution in [1.29, 1.82) is 0 Å². The Balaban J connectivity index is 1.54. The van der Waals surface area contributed by atoms with Crippen LogP contribution in [-0.4, -0.2) is 76.1 Å². The van der Waals surface area contributed by atoms with Crippen LogP contribution in [0.25, 0.3) is 0 Å². The summed E-state index contributed by atoms with van der Waals surface area (Å²) in [6.07, 6.45) is 0.180. The van der Waals surface area contributed by atoms with Crippen LogP contribution in [0.4, 0.5) is 10.5 Å². The molecule has 2 atom stereocenters. The van der Waals surface area contributed by atoms with E-state index in [2.05, 4.69) is 4.72 Å². The monoisotopic (exact) mass is 397 g/mol. The third kappa shape index (κ3) is 4.96. The van der Waals surface area contributed by atoms with Crippen molar-refractivity contribution >= 4 is 29.0 Å². The van der Waals surface area contributed by atoms with Gasteiger partial charge in [-0.05, 0) is 30.7 Å². The summed E-state index contributed by atoms with van der Waals surface area (Å²) in [5.41, 5.74) is 1.70. The maximum atomic E-state index is 12.7. The van der Waals surface area contributed by atoms with Gasteiger partial charge in [0.2, 0.25) is 0 Å². The van der Waals surface area contributed by atoms with E-state index in [0.717, 1.165) is 6.42 Å². The highest BCUT2D eigenvalue weighted by atomic mass is 32.2. The quantitative estimate of drug-likeness (QED) is 0.740. The van der Waals surface area contributed by atoms with Crippen LogP contribution in [0.1, 0.15) is 22.3 Å². The number of hydrogen-bond acceptors (Lipinski definition) is 5. The van der Waals surface area contributed by atoms with E-state index in [1.165, 1.54) is 0 Å². The van der Waals surface area contributed by atoms with Crippen LogP contribution in [0.5, 0.6) is 0 Å². The molecule has 1 aromatic rings. The third-order valence-electron chi connectivity index (χ3n) is 4.65. The molecule has 0 aliphatic carbocycles. The molecule has 2 aliphatic heterocycles.